The van der Waals surface area contributed by atoms with Crippen molar-refractivity contribution in [1.29, 1.82) is 10.5 Å². The first kappa shape index (κ1) is 8.73. The predicted molar refractivity (Wildman–Crippen MR) is 46.2 cm³/mol. The van der Waals surface area contributed by atoms with Gasteiger partial charge in [0.05, 0.1) is 12.5 Å². The Kier molecular flexibility index (Phi) is 2.82. The van der Waals surface area contributed by atoms with E-state index in [4.69, 9.17) is 16.3 Å². The molecule has 4 heteroatoms. The van der Waals surface area contributed by atoms with Crippen LogP contribution in [0.1, 0.15) is 22.9 Å². The number of hydrogen-bond acceptors (Lipinski definition) is 4. The Balaban J connectivity index is 2.77. The molecule has 0 fully saturated rings. The zero-order valence-electron chi connectivity index (χ0n) is 6.32. The molecular weight excluding hydrogens is 170 g/mol. The maximum absolute atomic E-state index is 8.52. The van der Waals surface area contributed by atoms with Gasteiger partial charge in [0.25, 0.3) is 0 Å². The summed E-state index contributed by atoms with van der Waals surface area (Å²) in [6.07, 6.45) is 0.293. The molecule has 0 spiro atoms. The molecule has 1 heterocycles. The zero-order chi connectivity index (χ0) is 8.97. The summed E-state index contributed by atoms with van der Waals surface area (Å²) in [5, 5.41) is 18.7. The molecule has 3 nitrogen and oxygen atoms in total. The summed E-state index contributed by atoms with van der Waals surface area (Å²) in [7, 11) is 0. The Bertz CT molecular complexity index is 342. The minimum absolute atomic E-state index is 0.256. The van der Waals surface area contributed by atoms with Crippen LogP contribution in [0.3, 0.4) is 0 Å². The topological polar surface area (TPSA) is 73.6 Å². The summed E-state index contributed by atoms with van der Waals surface area (Å²) in [5.41, 5.74) is 6.52. The average Bonchev–Trinajstić information content (AvgIpc) is 2.52. The smallest absolute Gasteiger partial charge is 0.110 e. The van der Waals surface area contributed by atoms with Crippen LogP contribution in [0.15, 0.2) is 11.4 Å². The van der Waals surface area contributed by atoms with Crippen LogP contribution in [-0.2, 0) is 0 Å². The van der Waals surface area contributed by atoms with Crippen LogP contribution in [0.4, 0.5) is 0 Å². The first-order valence-electron chi connectivity index (χ1n) is 3.39. The lowest BCUT2D eigenvalue weighted by atomic mass is 10.1. The predicted octanol–water partition coefficient (Wildman–Crippen LogP) is 1.53. The Labute approximate surface area is 74.7 Å². The summed E-state index contributed by atoms with van der Waals surface area (Å²) in [5.74, 6) is 0. The summed E-state index contributed by atoms with van der Waals surface area (Å²) < 4.78 is 0. The van der Waals surface area contributed by atoms with E-state index >= 15 is 0 Å². The van der Waals surface area contributed by atoms with E-state index < -0.39 is 0 Å². The van der Waals surface area contributed by atoms with Crippen molar-refractivity contribution >= 4 is 11.3 Å². The van der Waals surface area contributed by atoms with Crippen LogP contribution in [0.5, 0.6) is 0 Å². The normalized spacial score (nSPS) is 11.6. The third-order valence-electron chi connectivity index (χ3n) is 1.47. The molecule has 12 heavy (non-hydrogen) atoms. The fourth-order valence-electron chi connectivity index (χ4n) is 0.820. The minimum Gasteiger partial charge on any atom is -0.323 e. The summed E-state index contributed by atoms with van der Waals surface area (Å²) >= 11 is 1.35. The van der Waals surface area contributed by atoms with E-state index in [9.17, 15) is 0 Å². The van der Waals surface area contributed by atoms with E-state index in [1.54, 1.807) is 6.07 Å². The largest absolute Gasteiger partial charge is 0.323 e. The van der Waals surface area contributed by atoms with Crippen molar-refractivity contribution in [1.82, 2.24) is 0 Å². The molecule has 0 saturated carbocycles. The highest BCUT2D eigenvalue weighted by atomic mass is 32.1. The highest BCUT2D eigenvalue weighted by Gasteiger charge is 2.07. The van der Waals surface area contributed by atoms with Crippen molar-refractivity contribution in [3.05, 3.63) is 21.9 Å². The fourth-order valence-corrected chi connectivity index (χ4v) is 1.58. The third-order valence-corrected chi connectivity index (χ3v) is 2.32. The molecule has 0 bridgehead atoms. The van der Waals surface area contributed by atoms with Crippen LogP contribution in [0.25, 0.3) is 0 Å². The number of nitriles is 2. The second-order valence-electron chi connectivity index (χ2n) is 2.32. The van der Waals surface area contributed by atoms with E-state index in [0.717, 1.165) is 5.56 Å². The molecular formula is C8H7N3S. The molecule has 0 radical (unpaired) electrons. The molecule has 0 aliphatic heterocycles. The van der Waals surface area contributed by atoms with E-state index in [1.807, 2.05) is 17.5 Å². The van der Waals surface area contributed by atoms with Gasteiger partial charge in [-0.15, -0.1) is 11.3 Å². The second kappa shape index (κ2) is 3.87. The lowest BCUT2D eigenvalue weighted by Crippen LogP contribution is -2.07. The number of hydrogen-bond donors (Lipinski definition) is 1. The molecule has 0 aliphatic rings. The van der Waals surface area contributed by atoms with Gasteiger partial charge in [0, 0.05) is 6.04 Å². The van der Waals surface area contributed by atoms with Gasteiger partial charge < -0.3 is 5.73 Å². The first-order valence-corrected chi connectivity index (χ1v) is 4.27. The molecule has 1 rings (SSSR count). The van der Waals surface area contributed by atoms with Crippen molar-refractivity contribution in [3.8, 4) is 12.1 Å². The van der Waals surface area contributed by atoms with E-state index in [1.165, 1.54) is 11.3 Å². The van der Waals surface area contributed by atoms with E-state index in [-0.39, 0.29) is 6.04 Å². The quantitative estimate of drug-likeness (QED) is 0.744. The molecule has 1 atom stereocenters. The highest BCUT2D eigenvalue weighted by molar-refractivity contribution is 7.10. The SMILES string of the molecule is N#CC[C@H](N)c1csc(C#N)c1. The Morgan fingerprint density at radius 3 is 2.83 bits per heavy atom. The minimum atomic E-state index is -0.256. The summed E-state index contributed by atoms with van der Waals surface area (Å²) in [4.78, 5) is 0.637. The molecule has 1 aromatic rings. The van der Waals surface area contributed by atoms with Crippen molar-refractivity contribution in [2.45, 2.75) is 12.5 Å². The fraction of sp³-hybridized carbons (Fsp3) is 0.250. The van der Waals surface area contributed by atoms with Gasteiger partial charge in [0.1, 0.15) is 10.9 Å². The lowest BCUT2D eigenvalue weighted by Gasteiger charge is -2.01. The zero-order valence-corrected chi connectivity index (χ0v) is 7.14. The monoisotopic (exact) mass is 177 g/mol. The average molecular weight is 177 g/mol. The van der Waals surface area contributed by atoms with Crippen molar-refractivity contribution in [2.75, 3.05) is 0 Å². The maximum atomic E-state index is 8.52. The van der Waals surface area contributed by atoms with Gasteiger partial charge in [-0.1, -0.05) is 0 Å². The van der Waals surface area contributed by atoms with Crippen LogP contribution in [-0.4, -0.2) is 0 Å². The number of thiophene rings is 1. The van der Waals surface area contributed by atoms with E-state index in [0.29, 0.717) is 11.3 Å². The van der Waals surface area contributed by atoms with Gasteiger partial charge in [0.15, 0.2) is 0 Å². The van der Waals surface area contributed by atoms with Crippen LogP contribution >= 0.6 is 11.3 Å². The molecule has 1 aromatic heterocycles. The molecule has 0 aromatic carbocycles. The lowest BCUT2D eigenvalue weighted by molar-refractivity contribution is 0.752. The number of nitrogens with zero attached hydrogens (tertiary/aromatic N) is 2. The van der Waals surface area contributed by atoms with Crippen molar-refractivity contribution in [3.63, 3.8) is 0 Å². The third kappa shape index (κ3) is 1.82. The van der Waals surface area contributed by atoms with Crippen LogP contribution < -0.4 is 5.73 Å². The second-order valence-corrected chi connectivity index (χ2v) is 3.24. The molecule has 0 saturated heterocycles. The molecule has 60 valence electrons. The van der Waals surface area contributed by atoms with Gasteiger partial charge in [-0.2, -0.15) is 10.5 Å². The summed E-state index contributed by atoms with van der Waals surface area (Å²) in [6.45, 7) is 0. The number of rotatable bonds is 2. The Morgan fingerprint density at radius 1 is 1.58 bits per heavy atom. The van der Waals surface area contributed by atoms with Gasteiger partial charge in [-0.3, -0.25) is 0 Å². The molecule has 0 amide bonds. The van der Waals surface area contributed by atoms with Gasteiger partial charge in [-0.05, 0) is 17.0 Å². The van der Waals surface area contributed by atoms with Gasteiger partial charge >= 0.3 is 0 Å². The van der Waals surface area contributed by atoms with Crippen molar-refractivity contribution in [2.24, 2.45) is 5.73 Å². The summed E-state index contributed by atoms with van der Waals surface area (Å²) in [6, 6.07) is 5.49. The molecule has 0 unspecified atom stereocenters. The molecule has 2 N–H and O–H groups in total. The Hall–Kier alpha value is -1.36. The highest BCUT2D eigenvalue weighted by Crippen LogP contribution is 2.20. The van der Waals surface area contributed by atoms with Crippen molar-refractivity contribution < 1.29 is 0 Å². The number of nitrogens with two attached hydrogens (primary N) is 1. The van der Waals surface area contributed by atoms with Crippen LogP contribution in [0, 0.1) is 22.7 Å². The van der Waals surface area contributed by atoms with Gasteiger partial charge in [-0.25, -0.2) is 0 Å². The van der Waals surface area contributed by atoms with Crippen LogP contribution in [0.2, 0.25) is 0 Å². The molecule has 0 aliphatic carbocycles. The standard InChI is InChI=1S/C8H7N3S/c9-2-1-8(11)6-3-7(4-10)12-5-6/h3,5,8H,1,11H2/t8-/m0/s1. The van der Waals surface area contributed by atoms with Gasteiger partial charge in [0.2, 0.25) is 0 Å². The van der Waals surface area contributed by atoms with E-state index in [2.05, 4.69) is 0 Å². The Morgan fingerprint density at radius 2 is 2.33 bits per heavy atom. The first-order chi connectivity index (χ1) is 5.77. The maximum Gasteiger partial charge on any atom is 0.110 e.